The van der Waals surface area contributed by atoms with Gasteiger partial charge in [-0.25, -0.2) is 12.7 Å². The van der Waals surface area contributed by atoms with Gasteiger partial charge < -0.3 is 15.1 Å². The number of hydrogen-bond donors (Lipinski definition) is 2. The molecule has 0 spiro atoms. The lowest BCUT2D eigenvalue weighted by molar-refractivity contribution is 0.306. The van der Waals surface area contributed by atoms with E-state index in [1.165, 1.54) is 0 Å². The highest BCUT2D eigenvalue weighted by Crippen LogP contribution is 2.16. The fourth-order valence-corrected chi connectivity index (χ4v) is 4.63. The average molecular weight is 498 g/mol. The van der Waals surface area contributed by atoms with Crippen LogP contribution in [0.15, 0.2) is 15.5 Å². The van der Waals surface area contributed by atoms with Crippen LogP contribution in [-0.4, -0.2) is 50.6 Å². The second kappa shape index (κ2) is 10.5. The Labute approximate surface area is 174 Å². The van der Waals surface area contributed by atoms with Gasteiger partial charge in [0.05, 0.1) is 5.75 Å². The highest BCUT2D eigenvalue weighted by Gasteiger charge is 2.27. The molecule has 0 aromatic carbocycles. The maximum Gasteiger partial charge on any atom is 0.214 e. The lowest BCUT2D eigenvalue weighted by Gasteiger charge is -2.32. The monoisotopic (exact) mass is 498 g/mol. The number of halogens is 1. The lowest BCUT2D eigenvalue weighted by atomic mass is 10.1. The number of sulfonamides is 1. The van der Waals surface area contributed by atoms with Crippen molar-refractivity contribution < 1.29 is 12.8 Å². The number of nitrogens with one attached hydrogen (secondary N) is 2. The molecule has 1 aromatic heterocycles. The van der Waals surface area contributed by atoms with Crippen molar-refractivity contribution in [3.63, 3.8) is 0 Å². The number of nitrogens with zero attached hydrogens (tertiary/aromatic N) is 2. The summed E-state index contributed by atoms with van der Waals surface area (Å²) in [4.78, 5) is 4.26. The third-order valence-electron chi connectivity index (χ3n) is 4.46. The van der Waals surface area contributed by atoms with Gasteiger partial charge in [0.25, 0.3) is 0 Å². The van der Waals surface area contributed by atoms with Crippen LogP contribution < -0.4 is 10.6 Å². The van der Waals surface area contributed by atoms with Crippen molar-refractivity contribution >= 4 is 40.0 Å². The van der Waals surface area contributed by atoms with Crippen LogP contribution in [0, 0.1) is 13.8 Å². The van der Waals surface area contributed by atoms with Crippen molar-refractivity contribution in [2.24, 2.45) is 4.99 Å². The van der Waals surface area contributed by atoms with Gasteiger partial charge >= 0.3 is 0 Å². The summed E-state index contributed by atoms with van der Waals surface area (Å²) in [6.45, 7) is 7.56. The number of rotatable bonds is 6. The first-order chi connectivity index (χ1) is 11.9. The summed E-state index contributed by atoms with van der Waals surface area (Å²) in [7, 11) is -1.35. The molecule has 26 heavy (non-hydrogen) atoms. The average Bonchev–Trinajstić information content (AvgIpc) is 2.89. The molecule has 1 saturated heterocycles. The minimum atomic E-state index is -3.09. The Kier molecular flexibility index (Phi) is 9.39. The van der Waals surface area contributed by atoms with Crippen molar-refractivity contribution in [3.8, 4) is 0 Å². The molecule has 1 aromatic rings. The zero-order chi connectivity index (χ0) is 18.4. The van der Waals surface area contributed by atoms with Gasteiger partial charge in [-0.05, 0) is 39.2 Å². The van der Waals surface area contributed by atoms with Gasteiger partial charge in [-0.2, -0.15) is 0 Å². The van der Waals surface area contributed by atoms with Crippen LogP contribution in [-0.2, 0) is 16.6 Å². The van der Waals surface area contributed by atoms with E-state index in [9.17, 15) is 8.42 Å². The van der Waals surface area contributed by atoms with E-state index in [4.69, 9.17) is 4.42 Å². The first-order valence-corrected chi connectivity index (χ1v) is 10.5. The molecule has 1 aliphatic rings. The third kappa shape index (κ3) is 6.41. The van der Waals surface area contributed by atoms with E-state index in [0.717, 1.165) is 35.9 Å². The molecule has 2 rings (SSSR count). The summed E-state index contributed by atoms with van der Waals surface area (Å²) in [6, 6.07) is 2.25. The molecule has 0 aliphatic carbocycles. The molecule has 7 nitrogen and oxygen atoms in total. The number of aliphatic imine (C=N–C) groups is 1. The number of hydrogen-bond acceptors (Lipinski definition) is 4. The first kappa shape index (κ1) is 23.2. The summed E-state index contributed by atoms with van der Waals surface area (Å²) in [5.74, 6) is 2.78. The summed E-state index contributed by atoms with van der Waals surface area (Å²) in [5, 5.41) is 6.69. The van der Waals surface area contributed by atoms with Gasteiger partial charge in [-0.15, -0.1) is 24.0 Å². The molecular formula is C17H31IN4O3S. The van der Waals surface area contributed by atoms with Crippen molar-refractivity contribution in [2.45, 2.75) is 52.6 Å². The Morgan fingerprint density at radius 2 is 2.00 bits per heavy atom. The molecule has 150 valence electrons. The largest absolute Gasteiger partial charge is 0.466 e. The van der Waals surface area contributed by atoms with Crippen LogP contribution in [0.5, 0.6) is 0 Å². The van der Waals surface area contributed by atoms with Gasteiger partial charge in [-0.1, -0.05) is 6.92 Å². The number of piperidine rings is 1. The minimum absolute atomic E-state index is 0. The van der Waals surface area contributed by atoms with E-state index in [-0.39, 0.29) is 35.8 Å². The highest BCUT2D eigenvalue weighted by molar-refractivity contribution is 14.0. The molecule has 0 saturated carbocycles. The van der Waals surface area contributed by atoms with E-state index < -0.39 is 10.0 Å². The summed E-state index contributed by atoms with van der Waals surface area (Å²) >= 11 is 0. The van der Waals surface area contributed by atoms with Gasteiger partial charge in [0, 0.05) is 38.3 Å². The van der Waals surface area contributed by atoms with Crippen LogP contribution in [0.25, 0.3) is 0 Å². The molecule has 0 amide bonds. The lowest BCUT2D eigenvalue weighted by Crippen LogP contribution is -2.49. The van der Waals surface area contributed by atoms with Crippen molar-refractivity contribution in [1.29, 1.82) is 0 Å². The van der Waals surface area contributed by atoms with E-state index >= 15 is 0 Å². The molecule has 0 bridgehead atoms. The smallest absolute Gasteiger partial charge is 0.214 e. The summed E-state index contributed by atoms with van der Waals surface area (Å²) in [6.07, 6.45) is 2.23. The zero-order valence-corrected chi connectivity index (χ0v) is 19.2. The van der Waals surface area contributed by atoms with Gasteiger partial charge in [0.15, 0.2) is 5.96 Å². The Hall–Kier alpha value is -0.810. The Morgan fingerprint density at radius 3 is 2.50 bits per heavy atom. The first-order valence-electron chi connectivity index (χ1n) is 8.86. The van der Waals surface area contributed by atoms with Crippen LogP contribution in [0.4, 0.5) is 0 Å². The summed E-state index contributed by atoms with van der Waals surface area (Å²) < 4.78 is 31.4. The Morgan fingerprint density at radius 1 is 1.35 bits per heavy atom. The standard InChI is InChI=1S/C17H30N4O3S.HI/c1-5-10-25(22,23)21-8-6-16(7-9-21)20-17(18-4)19-12-15-11-13(2)24-14(15)3;/h11,16H,5-10,12H2,1-4H3,(H2,18,19,20);1H. The zero-order valence-electron chi connectivity index (χ0n) is 16.0. The second-order valence-electron chi connectivity index (χ2n) is 6.50. The summed E-state index contributed by atoms with van der Waals surface area (Å²) in [5.41, 5.74) is 1.11. The predicted octanol–water partition coefficient (Wildman–Crippen LogP) is 2.38. The number of furan rings is 1. The minimum Gasteiger partial charge on any atom is -0.466 e. The van der Waals surface area contributed by atoms with Crippen LogP contribution in [0.1, 0.15) is 43.3 Å². The van der Waals surface area contributed by atoms with Crippen LogP contribution in [0.3, 0.4) is 0 Å². The third-order valence-corrected chi connectivity index (χ3v) is 6.54. The number of aryl methyl sites for hydroxylation is 2. The topological polar surface area (TPSA) is 86.9 Å². The maximum absolute atomic E-state index is 12.1. The molecular weight excluding hydrogens is 467 g/mol. The molecule has 0 radical (unpaired) electrons. The van der Waals surface area contributed by atoms with Crippen molar-refractivity contribution in [3.05, 3.63) is 23.2 Å². The van der Waals surface area contributed by atoms with Gasteiger partial charge in [-0.3, -0.25) is 4.99 Å². The molecule has 2 N–H and O–H groups in total. The number of guanidine groups is 1. The SMILES string of the molecule is CCCS(=O)(=O)N1CCC(NC(=NC)NCc2cc(C)oc2C)CC1.I. The molecule has 9 heteroatoms. The van der Waals surface area contributed by atoms with Gasteiger partial charge in [0.1, 0.15) is 11.5 Å². The highest BCUT2D eigenvalue weighted by atomic mass is 127. The normalized spacial score (nSPS) is 17.0. The molecule has 2 heterocycles. The van der Waals surface area contributed by atoms with Crippen molar-refractivity contribution in [1.82, 2.24) is 14.9 Å². The fourth-order valence-electron chi connectivity index (χ4n) is 3.09. The van der Waals surface area contributed by atoms with Crippen molar-refractivity contribution in [2.75, 3.05) is 25.9 Å². The molecule has 1 fully saturated rings. The Balaban J connectivity index is 0.00000338. The predicted molar refractivity (Wildman–Crippen MR) is 116 cm³/mol. The second-order valence-corrected chi connectivity index (χ2v) is 8.59. The van der Waals surface area contributed by atoms with Crippen LogP contribution in [0.2, 0.25) is 0 Å². The van der Waals surface area contributed by atoms with E-state index in [2.05, 4.69) is 15.6 Å². The van der Waals surface area contributed by atoms with E-state index in [0.29, 0.717) is 26.1 Å². The molecule has 0 unspecified atom stereocenters. The maximum atomic E-state index is 12.1. The van der Waals surface area contributed by atoms with Crippen LogP contribution >= 0.6 is 24.0 Å². The van der Waals surface area contributed by atoms with E-state index in [1.807, 2.05) is 26.8 Å². The molecule has 0 atom stereocenters. The Bertz CT molecular complexity index is 695. The van der Waals surface area contributed by atoms with E-state index in [1.54, 1.807) is 11.4 Å². The molecule has 1 aliphatic heterocycles. The fraction of sp³-hybridized carbons (Fsp3) is 0.706. The van der Waals surface area contributed by atoms with Gasteiger partial charge in [0.2, 0.25) is 10.0 Å². The quantitative estimate of drug-likeness (QED) is 0.358.